The maximum absolute atomic E-state index is 13.0. The molecule has 2 rings (SSSR count). The molecule has 2 fully saturated rings. The average Bonchev–Trinajstić information content (AvgIpc) is 2.82. The Hall–Kier alpha value is 0.01000. The normalized spacial score (nSPS) is 29.3. The highest BCUT2D eigenvalue weighted by Crippen LogP contribution is 2.15. The van der Waals surface area contributed by atoms with Gasteiger partial charge in [0.25, 0.3) is 10.2 Å². The van der Waals surface area contributed by atoms with Gasteiger partial charge < -0.3 is 10.1 Å². The van der Waals surface area contributed by atoms with E-state index in [9.17, 15) is 12.8 Å². The van der Waals surface area contributed by atoms with Crippen LogP contribution in [-0.4, -0.2) is 64.3 Å². The van der Waals surface area contributed by atoms with Gasteiger partial charge in [0.05, 0.1) is 6.10 Å². The summed E-state index contributed by atoms with van der Waals surface area (Å²) in [6.07, 6.45) is 1.08. The summed E-state index contributed by atoms with van der Waals surface area (Å²) in [4.78, 5) is 0. The van der Waals surface area contributed by atoms with E-state index in [4.69, 9.17) is 4.74 Å². The van der Waals surface area contributed by atoms with Gasteiger partial charge >= 0.3 is 0 Å². The lowest BCUT2D eigenvalue weighted by Crippen LogP contribution is -2.48. The molecule has 0 bridgehead atoms. The van der Waals surface area contributed by atoms with Crippen LogP contribution in [0.2, 0.25) is 0 Å². The molecule has 0 unspecified atom stereocenters. The van der Waals surface area contributed by atoms with E-state index >= 15 is 0 Å². The lowest BCUT2D eigenvalue weighted by molar-refractivity contribution is 0.0602. The Kier molecular flexibility index (Phi) is 7.10. The summed E-state index contributed by atoms with van der Waals surface area (Å²) in [6.45, 7) is 1.49. The Morgan fingerprint density at radius 2 is 2.05 bits per heavy atom. The molecule has 0 saturated carbocycles. The first-order chi connectivity index (χ1) is 9.01. The van der Waals surface area contributed by atoms with Gasteiger partial charge in [0, 0.05) is 39.3 Å². The predicted octanol–water partition coefficient (Wildman–Crippen LogP) is 0.0534. The van der Waals surface area contributed by atoms with Crippen LogP contribution in [0.5, 0.6) is 0 Å². The number of nitrogens with zero attached hydrogens (tertiary/aromatic N) is 1. The van der Waals surface area contributed by atoms with Crippen LogP contribution in [0.1, 0.15) is 19.3 Å². The van der Waals surface area contributed by atoms with E-state index in [-0.39, 0.29) is 31.1 Å². The SMILES string of the molecule is COC1CCN(S(=O)(=O)NC[C@@H]2C[C@H](F)CN2)CC1.Cl. The van der Waals surface area contributed by atoms with E-state index < -0.39 is 16.4 Å². The highest BCUT2D eigenvalue weighted by molar-refractivity contribution is 7.87. The van der Waals surface area contributed by atoms with Crippen molar-refractivity contribution in [2.24, 2.45) is 0 Å². The number of piperidine rings is 1. The molecule has 2 aliphatic rings. The van der Waals surface area contributed by atoms with Crippen molar-refractivity contribution in [1.29, 1.82) is 0 Å². The third-order valence-electron chi connectivity index (χ3n) is 3.75. The largest absolute Gasteiger partial charge is 0.381 e. The molecular formula is C11H23ClFN3O3S. The lowest BCUT2D eigenvalue weighted by Gasteiger charge is -2.30. The minimum atomic E-state index is -3.45. The number of alkyl halides is 1. The van der Waals surface area contributed by atoms with E-state index in [1.54, 1.807) is 7.11 Å². The minimum absolute atomic E-state index is 0. The van der Waals surface area contributed by atoms with E-state index in [0.717, 1.165) is 0 Å². The van der Waals surface area contributed by atoms with E-state index in [1.807, 2.05) is 0 Å². The quantitative estimate of drug-likeness (QED) is 0.747. The van der Waals surface area contributed by atoms with E-state index in [0.29, 0.717) is 38.9 Å². The number of rotatable bonds is 5. The molecule has 0 aromatic heterocycles. The summed E-state index contributed by atoms with van der Waals surface area (Å²) in [5, 5.41) is 2.96. The third kappa shape index (κ3) is 4.78. The van der Waals surface area contributed by atoms with Crippen molar-refractivity contribution < 1.29 is 17.5 Å². The van der Waals surface area contributed by atoms with Crippen molar-refractivity contribution in [1.82, 2.24) is 14.3 Å². The summed E-state index contributed by atoms with van der Waals surface area (Å²) < 4.78 is 46.3. The molecule has 2 N–H and O–H groups in total. The first-order valence-corrected chi connectivity index (χ1v) is 8.10. The fourth-order valence-electron chi connectivity index (χ4n) is 2.53. The molecule has 120 valence electrons. The van der Waals surface area contributed by atoms with E-state index in [2.05, 4.69) is 10.0 Å². The van der Waals surface area contributed by atoms with Gasteiger partial charge in [-0.15, -0.1) is 12.4 Å². The minimum Gasteiger partial charge on any atom is -0.381 e. The zero-order chi connectivity index (χ0) is 13.9. The zero-order valence-electron chi connectivity index (χ0n) is 11.5. The molecule has 20 heavy (non-hydrogen) atoms. The Labute approximate surface area is 126 Å². The lowest BCUT2D eigenvalue weighted by atomic mass is 10.1. The van der Waals surface area contributed by atoms with E-state index in [1.165, 1.54) is 4.31 Å². The van der Waals surface area contributed by atoms with Crippen molar-refractivity contribution >= 4 is 22.6 Å². The Balaban J connectivity index is 0.00000200. The number of halogens is 2. The monoisotopic (exact) mass is 331 g/mol. The Bertz CT molecular complexity index is 390. The molecule has 0 aromatic rings. The maximum atomic E-state index is 13.0. The molecule has 2 aliphatic heterocycles. The summed E-state index contributed by atoms with van der Waals surface area (Å²) in [5.74, 6) is 0. The van der Waals surface area contributed by atoms with Gasteiger partial charge in [-0.1, -0.05) is 0 Å². The second-order valence-electron chi connectivity index (χ2n) is 5.13. The molecular weight excluding hydrogens is 309 g/mol. The number of methoxy groups -OCH3 is 1. The van der Waals surface area contributed by atoms with Crippen LogP contribution in [0.3, 0.4) is 0 Å². The Morgan fingerprint density at radius 1 is 1.40 bits per heavy atom. The van der Waals surface area contributed by atoms with Crippen LogP contribution in [0, 0.1) is 0 Å². The number of ether oxygens (including phenoxy) is 1. The van der Waals surface area contributed by atoms with Gasteiger partial charge in [-0.25, -0.2) is 9.11 Å². The van der Waals surface area contributed by atoms with Crippen LogP contribution in [0.15, 0.2) is 0 Å². The molecule has 0 radical (unpaired) electrons. The van der Waals surface area contributed by atoms with Crippen LogP contribution >= 0.6 is 12.4 Å². The second-order valence-corrected chi connectivity index (χ2v) is 6.88. The van der Waals surface area contributed by atoms with Crippen molar-refractivity contribution in [2.75, 3.05) is 33.3 Å². The zero-order valence-corrected chi connectivity index (χ0v) is 13.2. The molecule has 9 heteroatoms. The van der Waals surface area contributed by atoms with Crippen molar-refractivity contribution in [3.8, 4) is 0 Å². The van der Waals surface area contributed by atoms with Crippen LogP contribution < -0.4 is 10.0 Å². The standard InChI is InChI=1S/C11H22FN3O3S.ClH/c1-18-11-2-4-15(5-3-11)19(16,17)14-8-10-6-9(12)7-13-10;/h9-11,13-14H,2-8H2,1H3;1H/t9-,10-;/m0./s1. The van der Waals surface area contributed by atoms with Crippen LogP contribution in [0.4, 0.5) is 4.39 Å². The number of hydrogen-bond donors (Lipinski definition) is 2. The van der Waals surface area contributed by atoms with Crippen molar-refractivity contribution in [3.63, 3.8) is 0 Å². The summed E-state index contributed by atoms with van der Waals surface area (Å²) >= 11 is 0. The molecule has 2 heterocycles. The smallest absolute Gasteiger partial charge is 0.279 e. The fraction of sp³-hybridized carbons (Fsp3) is 1.00. The van der Waals surface area contributed by atoms with Gasteiger partial charge in [0.15, 0.2) is 0 Å². The van der Waals surface area contributed by atoms with Gasteiger partial charge in [-0.2, -0.15) is 12.7 Å². The van der Waals surface area contributed by atoms with Gasteiger partial charge in [-0.3, -0.25) is 0 Å². The summed E-state index contributed by atoms with van der Waals surface area (Å²) in [5.41, 5.74) is 0. The molecule has 6 nitrogen and oxygen atoms in total. The summed E-state index contributed by atoms with van der Waals surface area (Å²) in [6, 6.07) is -0.110. The van der Waals surface area contributed by atoms with Gasteiger partial charge in [0.1, 0.15) is 6.17 Å². The van der Waals surface area contributed by atoms with Gasteiger partial charge in [-0.05, 0) is 19.3 Å². The topological polar surface area (TPSA) is 70.7 Å². The second kappa shape index (κ2) is 7.86. The highest BCUT2D eigenvalue weighted by atomic mass is 35.5. The molecule has 0 aromatic carbocycles. The third-order valence-corrected chi connectivity index (χ3v) is 5.33. The Morgan fingerprint density at radius 3 is 2.55 bits per heavy atom. The predicted molar refractivity (Wildman–Crippen MR) is 77.1 cm³/mol. The van der Waals surface area contributed by atoms with Crippen LogP contribution in [-0.2, 0) is 14.9 Å². The molecule has 0 amide bonds. The van der Waals surface area contributed by atoms with Crippen molar-refractivity contribution in [3.05, 3.63) is 0 Å². The molecule has 0 aliphatic carbocycles. The average molecular weight is 332 g/mol. The first-order valence-electron chi connectivity index (χ1n) is 6.66. The van der Waals surface area contributed by atoms with Gasteiger partial charge in [0.2, 0.25) is 0 Å². The van der Waals surface area contributed by atoms with Crippen molar-refractivity contribution in [2.45, 2.75) is 37.6 Å². The first kappa shape index (κ1) is 18.1. The molecule has 2 atom stereocenters. The molecule has 0 spiro atoms. The molecule has 2 saturated heterocycles. The summed E-state index contributed by atoms with van der Waals surface area (Å²) in [7, 11) is -1.81. The maximum Gasteiger partial charge on any atom is 0.279 e. The number of nitrogens with one attached hydrogen (secondary N) is 2. The number of hydrogen-bond acceptors (Lipinski definition) is 4. The van der Waals surface area contributed by atoms with Crippen LogP contribution in [0.25, 0.3) is 0 Å². The highest BCUT2D eigenvalue weighted by Gasteiger charge is 2.30. The fourth-order valence-corrected chi connectivity index (χ4v) is 3.82.